The second kappa shape index (κ2) is 7.94. The van der Waals surface area contributed by atoms with Gasteiger partial charge in [-0.2, -0.15) is 0 Å². The number of aromatic nitrogens is 3. The van der Waals surface area contributed by atoms with Crippen LogP contribution in [-0.2, 0) is 13.0 Å². The summed E-state index contributed by atoms with van der Waals surface area (Å²) in [7, 11) is 0. The Bertz CT molecular complexity index is 994. The number of halogens is 2. The average molecular weight is 414 g/mol. The lowest BCUT2D eigenvalue weighted by Gasteiger charge is -2.25. The summed E-state index contributed by atoms with van der Waals surface area (Å²) in [5, 5.41) is 1.25. The Morgan fingerprint density at radius 1 is 1.11 bits per heavy atom. The highest BCUT2D eigenvalue weighted by atomic mass is 35.5. The van der Waals surface area contributed by atoms with Crippen molar-refractivity contribution in [2.75, 3.05) is 22.9 Å². The molecule has 1 aliphatic rings. The molecule has 0 amide bonds. The van der Waals surface area contributed by atoms with Gasteiger partial charge in [-0.25, -0.2) is 9.97 Å². The van der Waals surface area contributed by atoms with E-state index in [4.69, 9.17) is 33.2 Å². The van der Waals surface area contributed by atoms with Crippen LogP contribution >= 0.6 is 23.2 Å². The molecule has 3 aromatic rings. The molecule has 0 radical (unpaired) electrons. The first-order valence-electron chi connectivity index (χ1n) is 9.30. The second-order valence-corrected chi connectivity index (χ2v) is 7.61. The standard InChI is InChI=1S/C21H21Cl2N5/c1-3-27(13-15-6-9-24-10-7-15)20-17-8-11-28(21(17)26-14(2)25-20)19-5-4-16(22)12-18(19)23/h4-7,9-10,12H,3,8,11,13H2,1-2H3. The maximum Gasteiger partial charge on any atom is 0.142 e. The van der Waals surface area contributed by atoms with Crippen LogP contribution in [0.25, 0.3) is 0 Å². The monoisotopic (exact) mass is 413 g/mol. The summed E-state index contributed by atoms with van der Waals surface area (Å²) < 4.78 is 0. The predicted octanol–water partition coefficient (Wildman–Crippen LogP) is 5.21. The minimum atomic E-state index is 0.627. The van der Waals surface area contributed by atoms with Crippen molar-refractivity contribution in [3.8, 4) is 0 Å². The third-order valence-corrected chi connectivity index (χ3v) is 5.46. The van der Waals surface area contributed by atoms with Crippen molar-refractivity contribution in [3.05, 3.63) is 69.7 Å². The van der Waals surface area contributed by atoms with Crippen molar-refractivity contribution >= 4 is 40.5 Å². The molecule has 7 heteroatoms. The van der Waals surface area contributed by atoms with Gasteiger partial charge in [0.1, 0.15) is 17.5 Å². The summed E-state index contributed by atoms with van der Waals surface area (Å²) in [6.45, 7) is 6.53. The van der Waals surface area contributed by atoms with Gasteiger partial charge in [-0.1, -0.05) is 23.2 Å². The van der Waals surface area contributed by atoms with E-state index < -0.39 is 0 Å². The Kier molecular flexibility index (Phi) is 5.38. The molecule has 4 rings (SSSR count). The molecule has 2 aromatic heterocycles. The first-order chi connectivity index (χ1) is 13.6. The third kappa shape index (κ3) is 3.64. The largest absolute Gasteiger partial charge is 0.352 e. The van der Waals surface area contributed by atoms with Crippen molar-refractivity contribution in [2.45, 2.75) is 26.8 Å². The van der Waals surface area contributed by atoms with Crippen LogP contribution in [0.4, 0.5) is 17.3 Å². The lowest BCUT2D eigenvalue weighted by molar-refractivity contribution is 0.796. The Morgan fingerprint density at radius 2 is 1.89 bits per heavy atom. The lowest BCUT2D eigenvalue weighted by Crippen LogP contribution is -2.25. The molecular formula is C21H21Cl2N5. The highest BCUT2D eigenvalue weighted by molar-refractivity contribution is 6.36. The van der Waals surface area contributed by atoms with Gasteiger partial charge in [0.15, 0.2) is 0 Å². The van der Waals surface area contributed by atoms with E-state index in [0.717, 1.165) is 54.8 Å². The molecule has 0 saturated carbocycles. The van der Waals surface area contributed by atoms with Crippen LogP contribution in [0.15, 0.2) is 42.7 Å². The van der Waals surface area contributed by atoms with Gasteiger partial charge in [-0.3, -0.25) is 4.98 Å². The van der Waals surface area contributed by atoms with Crippen molar-refractivity contribution in [3.63, 3.8) is 0 Å². The van der Waals surface area contributed by atoms with Crippen LogP contribution in [0.1, 0.15) is 23.9 Å². The van der Waals surface area contributed by atoms with Gasteiger partial charge in [0, 0.05) is 42.6 Å². The van der Waals surface area contributed by atoms with Crippen LogP contribution in [0.5, 0.6) is 0 Å². The average Bonchev–Trinajstić information content (AvgIpc) is 3.10. The Balaban J connectivity index is 1.73. The zero-order chi connectivity index (χ0) is 19.7. The summed E-state index contributed by atoms with van der Waals surface area (Å²) >= 11 is 12.5. The van der Waals surface area contributed by atoms with Crippen molar-refractivity contribution in [1.82, 2.24) is 15.0 Å². The van der Waals surface area contributed by atoms with Crippen LogP contribution in [0.2, 0.25) is 10.0 Å². The molecule has 1 aliphatic heterocycles. The first-order valence-corrected chi connectivity index (χ1v) is 10.1. The van der Waals surface area contributed by atoms with Crippen molar-refractivity contribution < 1.29 is 0 Å². The number of hydrogen-bond donors (Lipinski definition) is 0. The number of anilines is 3. The smallest absolute Gasteiger partial charge is 0.142 e. The fraction of sp³-hybridized carbons (Fsp3) is 0.286. The molecule has 0 spiro atoms. The summed E-state index contributed by atoms with van der Waals surface area (Å²) in [5.41, 5.74) is 3.29. The molecule has 0 fully saturated rings. The van der Waals surface area contributed by atoms with Crippen LogP contribution in [0, 0.1) is 6.92 Å². The maximum absolute atomic E-state index is 6.47. The third-order valence-electron chi connectivity index (χ3n) is 4.92. The first kappa shape index (κ1) is 19.0. The number of benzene rings is 1. The molecule has 3 heterocycles. The van der Waals surface area contributed by atoms with E-state index in [1.54, 1.807) is 6.07 Å². The summed E-state index contributed by atoms with van der Waals surface area (Å²) in [5.74, 6) is 2.67. The molecule has 5 nitrogen and oxygen atoms in total. The SMILES string of the molecule is CCN(Cc1ccncc1)c1nc(C)nc2c1CCN2c1ccc(Cl)cc1Cl. The quantitative estimate of drug-likeness (QED) is 0.574. The fourth-order valence-electron chi connectivity index (χ4n) is 3.58. The zero-order valence-corrected chi connectivity index (χ0v) is 17.4. The van der Waals surface area contributed by atoms with E-state index in [0.29, 0.717) is 10.0 Å². The Hall–Kier alpha value is -2.37. The van der Waals surface area contributed by atoms with Crippen LogP contribution < -0.4 is 9.80 Å². The summed E-state index contributed by atoms with van der Waals surface area (Å²) in [6.07, 6.45) is 4.52. The maximum atomic E-state index is 6.47. The van der Waals surface area contributed by atoms with Gasteiger partial charge in [0.25, 0.3) is 0 Å². The molecule has 0 atom stereocenters. The fourth-order valence-corrected chi connectivity index (χ4v) is 4.09. The number of rotatable bonds is 5. The van der Waals surface area contributed by atoms with E-state index in [2.05, 4.69) is 21.7 Å². The molecule has 28 heavy (non-hydrogen) atoms. The van der Waals surface area contributed by atoms with E-state index in [1.807, 2.05) is 43.6 Å². The van der Waals surface area contributed by atoms with Gasteiger partial charge in [-0.05, 0) is 56.2 Å². The van der Waals surface area contributed by atoms with Crippen LogP contribution in [0.3, 0.4) is 0 Å². The highest BCUT2D eigenvalue weighted by Crippen LogP contribution is 2.41. The lowest BCUT2D eigenvalue weighted by atomic mass is 10.2. The predicted molar refractivity (Wildman–Crippen MR) is 115 cm³/mol. The molecule has 0 saturated heterocycles. The minimum Gasteiger partial charge on any atom is -0.352 e. The molecule has 0 aliphatic carbocycles. The van der Waals surface area contributed by atoms with E-state index in [1.165, 1.54) is 5.56 Å². The normalized spacial score (nSPS) is 12.9. The van der Waals surface area contributed by atoms with Crippen molar-refractivity contribution in [1.29, 1.82) is 0 Å². The van der Waals surface area contributed by atoms with E-state index >= 15 is 0 Å². The number of aryl methyl sites for hydroxylation is 1. The van der Waals surface area contributed by atoms with Gasteiger partial charge >= 0.3 is 0 Å². The zero-order valence-electron chi connectivity index (χ0n) is 15.9. The molecule has 0 unspecified atom stereocenters. The number of nitrogens with zero attached hydrogens (tertiary/aromatic N) is 5. The van der Waals surface area contributed by atoms with Gasteiger partial charge < -0.3 is 9.80 Å². The van der Waals surface area contributed by atoms with E-state index in [9.17, 15) is 0 Å². The van der Waals surface area contributed by atoms with Crippen LogP contribution in [-0.4, -0.2) is 28.0 Å². The summed E-state index contributed by atoms with van der Waals surface area (Å²) in [6, 6.07) is 9.66. The topological polar surface area (TPSA) is 45.2 Å². The Labute approximate surface area is 175 Å². The molecular weight excluding hydrogens is 393 g/mol. The van der Waals surface area contributed by atoms with Gasteiger partial charge in [0.05, 0.1) is 10.7 Å². The Morgan fingerprint density at radius 3 is 2.61 bits per heavy atom. The van der Waals surface area contributed by atoms with Gasteiger partial charge in [-0.15, -0.1) is 0 Å². The molecule has 1 aromatic carbocycles. The summed E-state index contributed by atoms with van der Waals surface area (Å²) in [4.78, 5) is 18.1. The van der Waals surface area contributed by atoms with Gasteiger partial charge in [0.2, 0.25) is 0 Å². The van der Waals surface area contributed by atoms with Crippen molar-refractivity contribution in [2.24, 2.45) is 0 Å². The molecule has 0 N–H and O–H groups in total. The molecule has 0 bridgehead atoms. The number of fused-ring (bicyclic) bond motifs is 1. The minimum absolute atomic E-state index is 0.627. The molecule has 144 valence electrons. The number of pyridine rings is 1. The number of hydrogen-bond acceptors (Lipinski definition) is 5. The highest BCUT2D eigenvalue weighted by Gasteiger charge is 2.29. The second-order valence-electron chi connectivity index (χ2n) is 6.76. The van der Waals surface area contributed by atoms with E-state index in [-0.39, 0.29) is 0 Å².